The maximum Gasteiger partial charge on any atom is 0.387 e. The van der Waals surface area contributed by atoms with Crippen LogP contribution in [0.15, 0.2) is 47.4 Å². The predicted molar refractivity (Wildman–Crippen MR) is 122 cm³/mol. The number of halogens is 2. The lowest BCUT2D eigenvalue weighted by atomic mass is 10.1. The van der Waals surface area contributed by atoms with Gasteiger partial charge in [0.25, 0.3) is 5.91 Å². The van der Waals surface area contributed by atoms with E-state index >= 15 is 0 Å². The Bertz CT molecular complexity index is 1130. The summed E-state index contributed by atoms with van der Waals surface area (Å²) in [5.74, 6) is -0.154. The average Bonchev–Trinajstić information content (AvgIpc) is 3.49. The molecule has 0 aromatic heterocycles. The van der Waals surface area contributed by atoms with Crippen molar-refractivity contribution in [2.75, 3.05) is 19.7 Å². The highest BCUT2D eigenvalue weighted by Gasteiger charge is 2.34. The maximum absolute atomic E-state index is 13.4. The summed E-state index contributed by atoms with van der Waals surface area (Å²) in [5, 5.41) is 0. The van der Waals surface area contributed by atoms with Crippen molar-refractivity contribution in [3.05, 3.63) is 53.6 Å². The van der Waals surface area contributed by atoms with E-state index < -0.39 is 16.6 Å². The summed E-state index contributed by atoms with van der Waals surface area (Å²) in [5.41, 5.74) is 1.00. The maximum atomic E-state index is 13.4. The number of hydrogen-bond acceptors (Lipinski definition) is 5. The van der Waals surface area contributed by atoms with Gasteiger partial charge in [-0.05, 0) is 68.5 Å². The van der Waals surface area contributed by atoms with Crippen LogP contribution in [-0.2, 0) is 16.6 Å². The number of ether oxygens (including phenoxy) is 2. The van der Waals surface area contributed by atoms with Crippen molar-refractivity contribution in [3.8, 4) is 11.5 Å². The molecule has 1 saturated heterocycles. The number of amides is 1. The Morgan fingerprint density at radius 3 is 2.50 bits per heavy atom. The van der Waals surface area contributed by atoms with Crippen molar-refractivity contribution in [2.45, 2.75) is 56.7 Å². The van der Waals surface area contributed by atoms with Crippen molar-refractivity contribution in [1.29, 1.82) is 0 Å². The minimum absolute atomic E-state index is 0.0406. The first-order chi connectivity index (χ1) is 16.3. The Morgan fingerprint density at radius 1 is 1.12 bits per heavy atom. The third kappa shape index (κ3) is 5.50. The third-order valence-electron chi connectivity index (χ3n) is 5.91. The molecule has 2 aliphatic rings. The van der Waals surface area contributed by atoms with Crippen LogP contribution >= 0.6 is 0 Å². The number of sulfonamides is 1. The van der Waals surface area contributed by atoms with E-state index in [0.29, 0.717) is 24.2 Å². The van der Waals surface area contributed by atoms with Gasteiger partial charge in [-0.3, -0.25) is 4.79 Å². The largest absolute Gasteiger partial charge is 0.490 e. The van der Waals surface area contributed by atoms with Gasteiger partial charge in [0.15, 0.2) is 11.5 Å². The number of hydrogen-bond donors (Lipinski definition) is 0. The molecule has 0 N–H and O–H groups in total. The van der Waals surface area contributed by atoms with Gasteiger partial charge in [0, 0.05) is 31.2 Å². The van der Waals surface area contributed by atoms with Crippen molar-refractivity contribution >= 4 is 15.9 Å². The van der Waals surface area contributed by atoms with Crippen molar-refractivity contribution < 1.29 is 31.5 Å². The zero-order chi connectivity index (χ0) is 24.3. The fourth-order valence-corrected chi connectivity index (χ4v) is 5.66. The van der Waals surface area contributed by atoms with Gasteiger partial charge in [-0.15, -0.1) is 0 Å². The highest BCUT2D eigenvalue weighted by atomic mass is 32.2. The first-order valence-electron chi connectivity index (χ1n) is 11.4. The van der Waals surface area contributed by atoms with Crippen LogP contribution in [0.1, 0.15) is 48.5 Å². The van der Waals surface area contributed by atoms with Gasteiger partial charge in [0.05, 0.1) is 11.5 Å². The second-order valence-corrected chi connectivity index (χ2v) is 10.3. The van der Waals surface area contributed by atoms with E-state index in [1.165, 1.54) is 22.5 Å². The van der Waals surface area contributed by atoms with E-state index in [0.717, 1.165) is 25.7 Å². The van der Waals surface area contributed by atoms with Crippen LogP contribution in [0.25, 0.3) is 0 Å². The third-order valence-corrected chi connectivity index (χ3v) is 7.80. The highest BCUT2D eigenvalue weighted by molar-refractivity contribution is 7.89. The Hall–Kier alpha value is -2.72. The van der Waals surface area contributed by atoms with Gasteiger partial charge < -0.3 is 14.4 Å². The van der Waals surface area contributed by atoms with Gasteiger partial charge in [-0.2, -0.15) is 13.1 Å². The monoisotopic (exact) mass is 494 g/mol. The Balaban J connectivity index is 1.57. The molecule has 0 spiro atoms. The summed E-state index contributed by atoms with van der Waals surface area (Å²) in [6, 6.07) is 10.8. The summed E-state index contributed by atoms with van der Waals surface area (Å²) < 4.78 is 62.7. The molecule has 0 atom stereocenters. The average molecular weight is 495 g/mol. The molecule has 7 nitrogen and oxygen atoms in total. The molecule has 2 fully saturated rings. The number of rotatable bonds is 10. The normalized spacial score (nSPS) is 16.6. The van der Waals surface area contributed by atoms with Gasteiger partial charge >= 0.3 is 6.61 Å². The van der Waals surface area contributed by atoms with E-state index in [4.69, 9.17) is 4.74 Å². The van der Waals surface area contributed by atoms with Crippen molar-refractivity contribution in [3.63, 3.8) is 0 Å². The van der Waals surface area contributed by atoms with Gasteiger partial charge in [0.1, 0.15) is 0 Å². The second-order valence-electron chi connectivity index (χ2n) is 8.40. The molecule has 2 aromatic rings. The lowest BCUT2D eigenvalue weighted by Gasteiger charge is -2.24. The van der Waals surface area contributed by atoms with Gasteiger partial charge in [0.2, 0.25) is 10.0 Å². The molecule has 1 amide bonds. The van der Waals surface area contributed by atoms with Crippen LogP contribution in [0.5, 0.6) is 11.5 Å². The van der Waals surface area contributed by atoms with Gasteiger partial charge in [-0.25, -0.2) is 8.42 Å². The van der Waals surface area contributed by atoms with Crippen LogP contribution in [0.2, 0.25) is 0 Å². The summed E-state index contributed by atoms with van der Waals surface area (Å²) in [4.78, 5) is 15.2. The molecule has 0 radical (unpaired) electrons. The van der Waals surface area contributed by atoms with E-state index in [-0.39, 0.29) is 41.5 Å². The Morgan fingerprint density at radius 2 is 1.85 bits per heavy atom. The topological polar surface area (TPSA) is 76.2 Å². The van der Waals surface area contributed by atoms with Crippen LogP contribution in [0, 0.1) is 0 Å². The molecule has 10 heteroatoms. The number of alkyl halides is 2. The molecule has 0 unspecified atom stereocenters. The molecular formula is C24H28F2N2O5S. The summed E-state index contributed by atoms with van der Waals surface area (Å²) >= 11 is 0. The zero-order valence-corrected chi connectivity index (χ0v) is 19.8. The molecule has 1 aliphatic carbocycles. The van der Waals surface area contributed by atoms with Crippen LogP contribution in [0.4, 0.5) is 8.78 Å². The summed E-state index contributed by atoms with van der Waals surface area (Å²) in [6.07, 6.45) is 3.36. The zero-order valence-electron chi connectivity index (χ0n) is 19.0. The number of carbonyl (C=O) groups excluding carboxylic acids is 1. The molecule has 184 valence electrons. The molecule has 1 aliphatic heterocycles. The molecule has 2 aromatic carbocycles. The molecule has 34 heavy (non-hydrogen) atoms. The minimum atomic E-state index is -3.64. The van der Waals surface area contributed by atoms with E-state index in [2.05, 4.69) is 4.74 Å². The molecule has 1 heterocycles. The smallest absolute Gasteiger partial charge is 0.387 e. The SMILES string of the molecule is CCOc1cc(CN(C(=O)c2cccc(S(=O)(=O)N3CCCC3)c2)C2CC2)ccc1OC(F)F. The van der Waals surface area contributed by atoms with E-state index in [9.17, 15) is 22.0 Å². The summed E-state index contributed by atoms with van der Waals surface area (Å²) in [7, 11) is -3.64. The number of benzene rings is 2. The second kappa shape index (κ2) is 10.3. The minimum Gasteiger partial charge on any atom is -0.490 e. The standard InChI is InChI=1S/C24H28F2N2O5S/c1-2-32-22-14-17(8-11-21(22)33-24(25)26)16-28(19-9-10-19)23(29)18-6-5-7-20(15-18)34(30,31)27-12-3-4-13-27/h5-8,11,14-15,19,24H,2-4,9-10,12-13,16H2,1H3. The van der Waals surface area contributed by atoms with Crippen molar-refractivity contribution in [1.82, 2.24) is 9.21 Å². The predicted octanol–water partition coefficient (Wildman–Crippen LogP) is 4.28. The fraction of sp³-hybridized carbons (Fsp3) is 0.458. The lowest BCUT2D eigenvalue weighted by Crippen LogP contribution is -2.33. The van der Waals surface area contributed by atoms with Crippen LogP contribution in [0.3, 0.4) is 0 Å². The van der Waals surface area contributed by atoms with Gasteiger partial charge in [-0.1, -0.05) is 12.1 Å². The number of carbonyl (C=O) groups is 1. The molecule has 1 saturated carbocycles. The Kier molecular flexibility index (Phi) is 7.37. The molecular weight excluding hydrogens is 466 g/mol. The van der Waals surface area contributed by atoms with E-state index in [1.54, 1.807) is 36.1 Å². The quantitative estimate of drug-likeness (QED) is 0.493. The van der Waals surface area contributed by atoms with Crippen LogP contribution in [-0.4, -0.2) is 55.9 Å². The number of nitrogens with zero attached hydrogens (tertiary/aromatic N) is 2. The first-order valence-corrected chi connectivity index (χ1v) is 12.9. The van der Waals surface area contributed by atoms with Crippen LogP contribution < -0.4 is 9.47 Å². The molecule has 0 bridgehead atoms. The highest BCUT2D eigenvalue weighted by Crippen LogP contribution is 2.34. The Labute approximate surface area is 198 Å². The lowest BCUT2D eigenvalue weighted by molar-refractivity contribution is -0.0514. The molecule has 4 rings (SSSR count). The van der Waals surface area contributed by atoms with E-state index in [1.807, 2.05) is 0 Å². The van der Waals surface area contributed by atoms with Crippen molar-refractivity contribution in [2.24, 2.45) is 0 Å². The first kappa shape index (κ1) is 24.4. The summed E-state index contributed by atoms with van der Waals surface area (Å²) in [6.45, 7) is 0.249. The fourth-order valence-electron chi connectivity index (χ4n) is 4.10.